The van der Waals surface area contributed by atoms with Gasteiger partial charge in [-0.15, -0.1) is 0 Å². The zero-order valence-electron chi connectivity index (χ0n) is 13.5. The summed E-state index contributed by atoms with van der Waals surface area (Å²) >= 11 is 0. The first kappa shape index (κ1) is 15.9. The van der Waals surface area contributed by atoms with Crippen LogP contribution in [0.15, 0.2) is 30.3 Å². The van der Waals surface area contributed by atoms with Gasteiger partial charge in [0.1, 0.15) is 5.75 Å². The highest BCUT2D eigenvalue weighted by atomic mass is 16.3. The number of aromatic hydroxyl groups is 1. The molecule has 2 rings (SSSR count). The monoisotopic (exact) mass is 284 g/mol. The van der Waals surface area contributed by atoms with Crippen molar-refractivity contribution in [2.24, 2.45) is 0 Å². The summed E-state index contributed by atoms with van der Waals surface area (Å²) in [4.78, 5) is 0. The highest BCUT2D eigenvalue weighted by Gasteiger charge is 2.12. The minimum absolute atomic E-state index is 0.556. The number of fused-ring (bicyclic) bond motifs is 1. The second-order valence-corrected chi connectivity index (χ2v) is 6.00. The fourth-order valence-electron chi connectivity index (χ4n) is 3.04. The van der Waals surface area contributed by atoms with Gasteiger partial charge in [-0.3, -0.25) is 0 Å². The minimum Gasteiger partial charge on any atom is -0.507 e. The van der Waals surface area contributed by atoms with Crippen LogP contribution in [0.3, 0.4) is 0 Å². The van der Waals surface area contributed by atoms with Crippen LogP contribution >= 0.6 is 0 Å². The van der Waals surface area contributed by atoms with Crippen molar-refractivity contribution in [1.82, 2.24) is 0 Å². The topological polar surface area (TPSA) is 20.2 Å². The third-order valence-electron chi connectivity index (χ3n) is 4.29. The lowest BCUT2D eigenvalue weighted by Crippen LogP contribution is -1.95. The maximum atomic E-state index is 10.7. The number of hydrogen-bond acceptors (Lipinski definition) is 1. The summed E-state index contributed by atoms with van der Waals surface area (Å²) in [6.07, 6.45) is 9.20. The molecule has 0 atom stereocenters. The second-order valence-electron chi connectivity index (χ2n) is 6.00. The fraction of sp³-hybridized carbons (Fsp3) is 0.500. The Hall–Kier alpha value is -1.50. The highest BCUT2D eigenvalue weighted by molar-refractivity contribution is 5.88. The summed E-state index contributed by atoms with van der Waals surface area (Å²) < 4.78 is 0. The Balaban J connectivity index is 2.34. The first-order valence-electron chi connectivity index (χ1n) is 8.50. The Labute approximate surface area is 129 Å². The number of phenolic OH excluding ortho intramolecular Hbond substituents is 1. The van der Waals surface area contributed by atoms with Crippen molar-refractivity contribution in [3.8, 4) is 5.75 Å². The molecule has 0 saturated carbocycles. The molecular formula is C20H28O. The first-order valence-corrected chi connectivity index (χ1v) is 8.50. The van der Waals surface area contributed by atoms with Crippen LogP contribution < -0.4 is 0 Å². The average Bonchev–Trinajstić information content (AvgIpc) is 2.50. The van der Waals surface area contributed by atoms with Crippen molar-refractivity contribution < 1.29 is 5.11 Å². The predicted molar refractivity (Wildman–Crippen MR) is 92.1 cm³/mol. The zero-order valence-corrected chi connectivity index (χ0v) is 13.5. The number of benzene rings is 2. The van der Waals surface area contributed by atoms with Gasteiger partial charge in [0.15, 0.2) is 0 Å². The van der Waals surface area contributed by atoms with Crippen molar-refractivity contribution in [2.45, 2.75) is 65.2 Å². The summed E-state index contributed by atoms with van der Waals surface area (Å²) in [5.41, 5.74) is 2.29. The van der Waals surface area contributed by atoms with E-state index in [9.17, 15) is 5.11 Å². The van der Waals surface area contributed by atoms with Crippen LogP contribution in [0, 0.1) is 0 Å². The van der Waals surface area contributed by atoms with Crippen LogP contribution in [0.25, 0.3) is 10.8 Å². The number of phenols is 1. The van der Waals surface area contributed by atoms with Gasteiger partial charge in [0, 0.05) is 5.56 Å². The SMILES string of the molecule is CCCCCc1cc2ccccc2c(CCCCC)c1O. The Morgan fingerprint density at radius 3 is 2.24 bits per heavy atom. The van der Waals surface area contributed by atoms with E-state index < -0.39 is 0 Å². The van der Waals surface area contributed by atoms with Gasteiger partial charge in [-0.05, 0) is 48.1 Å². The van der Waals surface area contributed by atoms with E-state index >= 15 is 0 Å². The molecule has 1 nitrogen and oxygen atoms in total. The standard InChI is InChI=1S/C20H28O/c1-3-5-7-12-17-15-16-11-9-10-13-18(16)19(20(17)21)14-8-6-4-2/h9-11,13,15,21H,3-8,12,14H2,1-2H3. The largest absolute Gasteiger partial charge is 0.507 e. The fourth-order valence-corrected chi connectivity index (χ4v) is 3.04. The molecule has 0 radical (unpaired) electrons. The number of hydrogen-bond donors (Lipinski definition) is 1. The molecule has 0 saturated heterocycles. The van der Waals surface area contributed by atoms with Crippen LogP contribution in [0.4, 0.5) is 0 Å². The van der Waals surface area contributed by atoms with E-state index in [1.165, 1.54) is 36.5 Å². The van der Waals surface area contributed by atoms with Crippen LogP contribution in [-0.2, 0) is 12.8 Å². The molecule has 0 aliphatic rings. The van der Waals surface area contributed by atoms with E-state index in [1.807, 2.05) is 0 Å². The summed E-state index contributed by atoms with van der Waals surface area (Å²) in [6, 6.07) is 10.7. The first-order chi connectivity index (χ1) is 10.3. The molecule has 0 fully saturated rings. The van der Waals surface area contributed by atoms with E-state index in [1.54, 1.807) is 0 Å². The van der Waals surface area contributed by atoms with E-state index in [0.29, 0.717) is 5.75 Å². The molecule has 0 amide bonds. The van der Waals surface area contributed by atoms with Crippen molar-refractivity contribution >= 4 is 10.8 Å². The van der Waals surface area contributed by atoms with E-state index in [-0.39, 0.29) is 0 Å². The number of unbranched alkanes of at least 4 members (excludes halogenated alkanes) is 4. The highest BCUT2D eigenvalue weighted by Crippen LogP contribution is 2.33. The third-order valence-corrected chi connectivity index (χ3v) is 4.29. The maximum Gasteiger partial charge on any atom is 0.122 e. The van der Waals surface area contributed by atoms with Crippen molar-refractivity contribution in [3.05, 3.63) is 41.5 Å². The Kier molecular flexibility index (Phi) is 6.10. The lowest BCUT2D eigenvalue weighted by atomic mass is 9.93. The summed E-state index contributed by atoms with van der Waals surface area (Å²) in [6.45, 7) is 4.44. The molecule has 2 aromatic rings. The lowest BCUT2D eigenvalue weighted by Gasteiger charge is -2.14. The normalized spacial score (nSPS) is 11.1. The van der Waals surface area contributed by atoms with Crippen LogP contribution in [-0.4, -0.2) is 5.11 Å². The van der Waals surface area contributed by atoms with E-state index in [4.69, 9.17) is 0 Å². The molecular weight excluding hydrogens is 256 g/mol. The molecule has 2 aromatic carbocycles. The number of rotatable bonds is 8. The molecule has 0 bridgehead atoms. The Morgan fingerprint density at radius 1 is 0.857 bits per heavy atom. The number of aryl methyl sites for hydroxylation is 2. The van der Waals surface area contributed by atoms with Crippen molar-refractivity contribution in [1.29, 1.82) is 0 Å². The van der Waals surface area contributed by atoms with Crippen molar-refractivity contribution in [3.63, 3.8) is 0 Å². The van der Waals surface area contributed by atoms with Gasteiger partial charge < -0.3 is 5.11 Å². The van der Waals surface area contributed by atoms with Crippen LogP contribution in [0.2, 0.25) is 0 Å². The van der Waals surface area contributed by atoms with E-state index in [0.717, 1.165) is 36.8 Å². The van der Waals surface area contributed by atoms with Crippen LogP contribution in [0.1, 0.15) is 63.5 Å². The molecule has 0 aliphatic heterocycles. The summed E-state index contributed by atoms with van der Waals surface area (Å²) in [5.74, 6) is 0.556. The minimum atomic E-state index is 0.556. The maximum absolute atomic E-state index is 10.7. The summed E-state index contributed by atoms with van der Waals surface area (Å²) in [7, 11) is 0. The quantitative estimate of drug-likeness (QED) is 0.588. The van der Waals surface area contributed by atoms with Gasteiger partial charge in [0.05, 0.1) is 0 Å². The average molecular weight is 284 g/mol. The molecule has 0 spiro atoms. The van der Waals surface area contributed by atoms with Gasteiger partial charge in [0.2, 0.25) is 0 Å². The van der Waals surface area contributed by atoms with Gasteiger partial charge in [-0.1, -0.05) is 63.8 Å². The third kappa shape index (κ3) is 4.00. The molecule has 0 aromatic heterocycles. The molecule has 0 aliphatic carbocycles. The Morgan fingerprint density at radius 2 is 1.52 bits per heavy atom. The van der Waals surface area contributed by atoms with E-state index in [2.05, 4.69) is 44.2 Å². The van der Waals surface area contributed by atoms with Gasteiger partial charge in [0.25, 0.3) is 0 Å². The van der Waals surface area contributed by atoms with Gasteiger partial charge in [-0.2, -0.15) is 0 Å². The summed E-state index contributed by atoms with van der Waals surface area (Å²) in [5, 5.41) is 13.2. The molecule has 1 heteroatoms. The molecule has 21 heavy (non-hydrogen) atoms. The van der Waals surface area contributed by atoms with Gasteiger partial charge in [-0.25, -0.2) is 0 Å². The predicted octanol–water partition coefficient (Wildman–Crippen LogP) is 6.01. The smallest absolute Gasteiger partial charge is 0.122 e. The molecule has 1 N–H and O–H groups in total. The lowest BCUT2D eigenvalue weighted by molar-refractivity contribution is 0.459. The Bertz CT molecular complexity index is 571. The second kappa shape index (κ2) is 8.07. The van der Waals surface area contributed by atoms with Crippen molar-refractivity contribution in [2.75, 3.05) is 0 Å². The molecule has 0 unspecified atom stereocenters. The zero-order chi connectivity index (χ0) is 15.1. The molecule has 114 valence electrons. The van der Waals surface area contributed by atoms with Gasteiger partial charge >= 0.3 is 0 Å². The van der Waals surface area contributed by atoms with Crippen LogP contribution in [0.5, 0.6) is 5.75 Å². The molecule has 0 heterocycles.